The summed E-state index contributed by atoms with van der Waals surface area (Å²) >= 11 is 0. The predicted molar refractivity (Wildman–Crippen MR) is 95.3 cm³/mol. The molecule has 0 bridgehead atoms. The van der Waals surface area contributed by atoms with Crippen molar-refractivity contribution in [3.63, 3.8) is 0 Å². The second kappa shape index (κ2) is 6.91. The Hall–Kier alpha value is -2.56. The SMILES string of the molecule is CN(C)c1ccc(C(=O)N2CCN(c3ccc(F)cc3)CC2)cc1. The summed E-state index contributed by atoms with van der Waals surface area (Å²) < 4.78 is 13.0. The quantitative estimate of drug-likeness (QED) is 0.867. The zero-order valence-corrected chi connectivity index (χ0v) is 14.1. The van der Waals surface area contributed by atoms with Crippen molar-refractivity contribution < 1.29 is 9.18 Å². The Balaban J connectivity index is 1.61. The molecule has 1 saturated heterocycles. The summed E-state index contributed by atoms with van der Waals surface area (Å²) in [5.74, 6) is -0.159. The number of carbonyl (C=O) groups excluding carboxylic acids is 1. The molecule has 1 amide bonds. The third kappa shape index (κ3) is 3.50. The number of anilines is 2. The van der Waals surface area contributed by atoms with Crippen molar-refractivity contribution in [2.45, 2.75) is 0 Å². The van der Waals surface area contributed by atoms with Crippen LogP contribution in [0.1, 0.15) is 10.4 Å². The Labute approximate surface area is 142 Å². The molecule has 0 saturated carbocycles. The van der Waals surface area contributed by atoms with E-state index in [0.717, 1.165) is 30.0 Å². The van der Waals surface area contributed by atoms with Gasteiger partial charge in [-0.15, -0.1) is 0 Å². The van der Waals surface area contributed by atoms with Crippen LogP contribution in [0.2, 0.25) is 0 Å². The zero-order chi connectivity index (χ0) is 17.1. The van der Waals surface area contributed by atoms with Crippen molar-refractivity contribution in [3.8, 4) is 0 Å². The molecule has 1 fully saturated rings. The predicted octanol–water partition coefficient (Wildman–Crippen LogP) is 2.85. The van der Waals surface area contributed by atoms with E-state index in [9.17, 15) is 9.18 Å². The fourth-order valence-electron chi connectivity index (χ4n) is 2.90. The van der Waals surface area contributed by atoms with Gasteiger partial charge in [0.1, 0.15) is 5.82 Å². The summed E-state index contributed by atoms with van der Waals surface area (Å²) in [6.07, 6.45) is 0. The van der Waals surface area contributed by atoms with Crippen LogP contribution in [-0.2, 0) is 0 Å². The van der Waals surface area contributed by atoms with E-state index in [1.807, 2.05) is 48.2 Å². The number of rotatable bonds is 3. The summed E-state index contributed by atoms with van der Waals surface area (Å²) in [4.78, 5) is 18.7. The maximum Gasteiger partial charge on any atom is 0.253 e. The first kappa shape index (κ1) is 16.3. The van der Waals surface area contributed by atoms with Gasteiger partial charge in [-0.05, 0) is 48.5 Å². The molecule has 2 aromatic rings. The van der Waals surface area contributed by atoms with Crippen molar-refractivity contribution in [1.82, 2.24) is 4.90 Å². The molecule has 2 aromatic carbocycles. The molecule has 0 aliphatic carbocycles. The molecule has 24 heavy (non-hydrogen) atoms. The van der Waals surface area contributed by atoms with Crippen LogP contribution >= 0.6 is 0 Å². The van der Waals surface area contributed by atoms with E-state index >= 15 is 0 Å². The molecule has 0 spiro atoms. The van der Waals surface area contributed by atoms with E-state index in [1.54, 1.807) is 12.1 Å². The maximum absolute atomic E-state index is 13.0. The standard InChI is InChI=1S/C19H22FN3O/c1-21(2)17-7-3-15(4-8-17)19(24)23-13-11-22(12-14-23)18-9-5-16(20)6-10-18/h3-10H,11-14H2,1-2H3. The minimum atomic E-state index is -0.228. The van der Waals surface area contributed by atoms with Crippen molar-refractivity contribution in [2.24, 2.45) is 0 Å². The molecule has 3 rings (SSSR count). The van der Waals surface area contributed by atoms with Gasteiger partial charge in [0.2, 0.25) is 0 Å². The smallest absolute Gasteiger partial charge is 0.253 e. The molecular formula is C19H22FN3O. The highest BCUT2D eigenvalue weighted by Gasteiger charge is 2.22. The van der Waals surface area contributed by atoms with Crippen LogP contribution in [0.4, 0.5) is 15.8 Å². The Bertz CT molecular complexity index is 690. The molecule has 1 heterocycles. The Morgan fingerprint density at radius 1 is 0.917 bits per heavy atom. The summed E-state index contributed by atoms with van der Waals surface area (Å²) in [5.41, 5.74) is 2.79. The molecule has 0 atom stereocenters. The minimum absolute atomic E-state index is 0.0686. The molecular weight excluding hydrogens is 305 g/mol. The maximum atomic E-state index is 13.0. The van der Waals surface area contributed by atoms with Gasteiger partial charge in [-0.25, -0.2) is 4.39 Å². The summed E-state index contributed by atoms with van der Waals surface area (Å²) in [6.45, 7) is 2.86. The van der Waals surface area contributed by atoms with Crippen LogP contribution in [0.15, 0.2) is 48.5 Å². The molecule has 1 aliphatic rings. The molecule has 0 aromatic heterocycles. The van der Waals surface area contributed by atoms with Gasteiger partial charge in [0.25, 0.3) is 5.91 Å². The fourth-order valence-corrected chi connectivity index (χ4v) is 2.90. The van der Waals surface area contributed by atoms with Crippen LogP contribution in [0, 0.1) is 5.82 Å². The zero-order valence-electron chi connectivity index (χ0n) is 14.1. The number of halogens is 1. The van der Waals surface area contributed by atoms with Crippen molar-refractivity contribution >= 4 is 17.3 Å². The average molecular weight is 327 g/mol. The number of hydrogen-bond donors (Lipinski definition) is 0. The average Bonchev–Trinajstić information content (AvgIpc) is 2.62. The van der Waals surface area contributed by atoms with Crippen molar-refractivity contribution in [2.75, 3.05) is 50.1 Å². The normalized spacial score (nSPS) is 14.6. The van der Waals surface area contributed by atoms with E-state index in [4.69, 9.17) is 0 Å². The topological polar surface area (TPSA) is 26.8 Å². The molecule has 0 N–H and O–H groups in total. The van der Waals surface area contributed by atoms with Crippen LogP contribution in [0.25, 0.3) is 0 Å². The highest BCUT2D eigenvalue weighted by atomic mass is 19.1. The first-order chi connectivity index (χ1) is 11.5. The molecule has 0 unspecified atom stereocenters. The van der Waals surface area contributed by atoms with Gasteiger partial charge in [0.05, 0.1) is 0 Å². The van der Waals surface area contributed by atoms with E-state index < -0.39 is 0 Å². The Kier molecular flexibility index (Phi) is 4.69. The lowest BCUT2D eigenvalue weighted by Gasteiger charge is -2.36. The van der Waals surface area contributed by atoms with Gasteiger partial charge in [-0.2, -0.15) is 0 Å². The highest BCUT2D eigenvalue weighted by Crippen LogP contribution is 2.19. The molecule has 5 heteroatoms. The van der Waals surface area contributed by atoms with Crippen LogP contribution in [0.5, 0.6) is 0 Å². The summed E-state index contributed by atoms with van der Waals surface area (Å²) in [7, 11) is 3.96. The van der Waals surface area contributed by atoms with Gasteiger partial charge in [0.15, 0.2) is 0 Å². The first-order valence-corrected chi connectivity index (χ1v) is 8.12. The number of amides is 1. The van der Waals surface area contributed by atoms with Crippen molar-refractivity contribution in [1.29, 1.82) is 0 Å². The fraction of sp³-hybridized carbons (Fsp3) is 0.316. The third-order valence-corrected chi connectivity index (χ3v) is 4.39. The number of benzene rings is 2. The van der Waals surface area contributed by atoms with Crippen molar-refractivity contribution in [3.05, 3.63) is 59.9 Å². The number of hydrogen-bond acceptors (Lipinski definition) is 3. The van der Waals surface area contributed by atoms with E-state index in [0.29, 0.717) is 13.1 Å². The lowest BCUT2D eigenvalue weighted by molar-refractivity contribution is 0.0747. The minimum Gasteiger partial charge on any atom is -0.378 e. The van der Waals surface area contributed by atoms with Crippen LogP contribution in [-0.4, -0.2) is 51.1 Å². The number of nitrogens with zero attached hydrogens (tertiary/aromatic N) is 3. The van der Waals surface area contributed by atoms with E-state index in [1.165, 1.54) is 12.1 Å². The second-order valence-electron chi connectivity index (χ2n) is 6.20. The van der Waals surface area contributed by atoms with Gasteiger partial charge in [-0.3, -0.25) is 4.79 Å². The van der Waals surface area contributed by atoms with E-state index in [-0.39, 0.29) is 11.7 Å². The number of piperazine rings is 1. The molecule has 4 nitrogen and oxygen atoms in total. The van der Waals surface area contributed by atoms with Crippen LogP contribution < -0.4 is 9.80 Å². The largest absolute Gasteiger partial charge is 0.378 e. The van der Waals surface area contributed by atoms with Gasteiger partial charge in [-0.1, -0.05) is 0 Å². The van der Waals surface area contributed by atoms with Gasteiger partial charge < -0.3 is 14.7 Å². The monoisotopic (exact) mass is 327 g/mol. The Morgan fingerprint density at radius 2 is 1.50 bits per heavy atom. The summed E-state index contributed by atoms with van der Waals surface area (Å²) in [6, 6.07) is 14.2. The lowest BCUT2D eigenvalue weighted by atomic mass is 10.1. The molecule has 1 aliphatic heterocycles. The van der Waals surface area contributed by atoms with Gasteiger partial charge in [0, 0.05) is 57.2 Å². The second-order valence-corrected chi connectivity index (χ2v) is 6.20. The van der Waals surface area contributed by atoms with Gasteiger partial charge >= 0.3 is 0 Å². The third-order valence-electron chi connectivity index (χ3n) is 4.39. The van der Waals surface area contributed by atoms with E-state index in [2.05, 4.69) is 4.90 Å². The molecule has 0 radical (unpaired) electrons. The molecule has 126 valence electrons. The van der Waals surface area contributed by atoms with Crippen LogP contribution in [0.3, 0.4) is 0 Å². The number of carbonyl (C=O) groups is 1. The summed E-state index contributed by atoms with van der Waals surface area (Å²) in [5, 5.41) is 0. The Morgan fingerprint density at radius 3 is 2.04 bits per heavy atom. The lowest BCUT2D eigenvalue weighted by Crippen LogP contribution is -2.48. The highest BCUT2D eigenvalue weighted by molar-refractivity contribution is 5.94. The first-order valence-electron chi connectivity index (χ1n) is 8.12.